The first kappa shape index (κ1) is 13.4. The second-order valence-electron chi connectivity index (χ2n) is 4.29. The van der Waals surface area contributed by atoms with Crippen LogP contribution in [0.2, 0.25) is 0 Å². The minimum atomic E-state index is -0.460. The smallest absolute Gasteiger partial charge is 0.290 e. The number of nitro groups is 1. The van der Waals surface area contributed by atoms with Crippen molar-refractivity contribution in [1.29, 1.82) is 0 Å². The van der Waals surface area contributed by atoms with Crippen molar-refractivity contribution in [1.82, 2.24) is 4.98 Å². The van der Waals surface area contributed by atoms with E-state index in [1.165, 1.54) is 6.20 Å². The summed E-state index contributed by atoms with van der Waals surface area (Å²) >= 11 is 0. The molecule has 0 unspecified atom stereocenters. The Hall–Kier alpha value is -1.69. The van der Waals surface area contributed by atoms with E-state index in [4.69, 9.17) is 0 Å². The highest BCUT2D eigenvalue weighted by molar-refractivity contribution is 5.47. The van der Waals surface area contributed by atoms with E-state index in [1.807, 2.05) is 13.8 Å². The molecule has 0 saturated carbocycles. The van der Waals surface area contributed by atoms with Gasteiger partial charge in [-0.05, 0) is 18.9 Å². The Balaban J connectivity index is 2.87. The van der Waals surface area contributed by atoms with E-state index in [0.717, 1.165) is 0 Å². The summed E-state index contributed by atoms with van der Waals surface area (Å²) in [4.78, 5) is 14.1. The first-order chi connectivity index (χ1) is 7.95. The maximum absolute atomic E-state index is 10.6. The molecule has 1 aromatic rings. The lowest BCUT2D eigenvalue weighted by molar-refractivity contribution is -0.385. The normalized spacial score (nSPS) is 12.5. The quantitative estimate of drug-likeness (QED) is 0.603. The van der Waals surface area contributed by atoms with Gasteiger partial charge in [-0.3, -0.25) is 10.1 Å². The van der Waals surface area contributed by atoms with Crippen LogP contribution in [0.15, 0.2) is 12.3 Å². The van der Waals surface area contributed by atoms with Crippen molar-refractivity contribution in [3.8, 4) is 0 Å². The number of aliphatic hydroxyl groups is 1. The molecule has 6 nitrogen and oxygen atoms in total. The highest BCUT2D eigenvalue weighted by Crippen LogP contribution is 2.20. The minimum Gasteiger partial charge on any atom is -0.394 e. The minimum absolute atomic E-state index is 0.000598. The Morgan fingerprint density at radius 3 is 2.65 bits per heavy atom. The molecular weight excluding hydrogens is 222 g/mol. The van der Waals surface area contributed by atoms with Crippen molar-refractivity contribution in [3.05, 3.63) is 27.9 Å². The Kier molecular flexibility index (Phi) is 4.39. The van der Waals surface area contributed by atoms with Gasteiger partial charge in [-0.15, -0.1) is 0 Å². The molecule has 1 atom stereocenters. The van der Waals surface area contributed by atoms with Crippen molar-refractivity contribution in [2.24, 2.45) is 5.92 Å². The zero-order chi connectivity index (χ0) is 13.0. The third-order valence-corrected chi connectivity index (χ3v) is 2.61. The topological polar surface area (TPSA) is 88.3 Å². The molecule has 2 N–H and O–H groups in total. The number of aryl methyl sites for hydroxylation is 1. The summed E-state index contributed by atoms with van der Waals surface area (Å²) in [6, 6.07) is 1.51. The van der Waals surface area contributed by atoms with E-state index in [1.54, 1.807) is 13.0 Å². The van der Waals surface area contributed by atoms with Crippen LogP contribution in [0.3, 0.4) is 0 Å². The van der Waals surface area contributed by atoms with Crippen LogP contribution in [0, 0.1) is 23.0 Å². The largest absolute Gasteiger partial charge is 0.394 e. The van der Waals surface area contributed by atoms with E-state index in [-0.39, 0.29) is 24.3 Å². The summed E-state index contributed by atoms with van der Waals surface area (Å²) in [6.45, 7) is 5.61. The molecule has 1 aromatic heterocycles. The van der Waals surface area contributed by atoms with Crippen LogP contribution in [0.1, 0.15) is 19.4 Å². The average molecular weight is 239 g/mol. The Morgan fingerprint density at radius 1 is 1.59 bits per heavy atom. The maximum Gasteiger partial charge on any atom is 0.290 e. The van der Waals surface area contributed by atoms with Gasteiger partial charge >= 0.3 is 0 Å². The molecule has 0 aliphatic heterocycles. The van der Waals surface area contributed by atoms with E-state index >= 15 is 0 Å². The van der Waals surface area contributed by atoms with E-state index in [9.17, 15) is 15.2 Å². The summed E-state index contributed by atoms with van der Waals surface area (Å²) < 4.78 is 0. The zero-order valence-electron chi connectivity index (χ0n) is 10.2. The van der Waals surface area contributed by atoms with Crippen molar-refractivity contribution in [2.75, 3.05) is 11.9 Å². The molecule has 17 heavy (non-hydrogen) atoms. The second kappa shape index (κ2) is 5.58. The number of hydrogen-bond donors (Lipinski definition) is 2. The van der Waals surface area contributed by atoms with Crippen molar-refractivity contribution < 1.29 is 10.0 Å². The number of anilines is 1. The molecule has 0 aliphatic carbocycles. The fourth-order valence-corrected chi connectivity index (χ4v) is 1.43. The van der Waals surface area contributed by atoms with Crippen LogP contribution in [0.5, 0.6) is 0 Å². The Morgan fingerprint density at radius 2 is 2.24 bits per heavy atom. The van der Waals surface area contributed by atoms with Gasteiger partial charge in [0.25, 0.3) is 5.69 Å². The molecule has 0 saturated heterocycles. The van der Waals surface area contributed by atoms with Gasteiger partial charge in [-0.1, -0.05) is 13.8 Å². The molecule has 0 radical (unpaired) electrons. The van der Waals surface area contributed by atoms with Gasteiger partial charge in [0.05, 0.1) is 17.6 Å². The average Bonchev–Trinajstić information content (AvgIpc) is 2.24. The standard InChI is InChI=1S/C11H17N3O3/c1-7(2)9(6-15)13-11-4-8(3)10(5-12-11)14(16)17/h4-5,7,9,15H,6H2,1-3H3,(H,12,13)/t9-/m1/s1. The molecule has 6 heteroatoms. The number of rotatable bonds is 5. The number of hydrogen-bond acceptors (Lipinski definition) is 5. The van der Waals surface area contributed by atoms with Gasteiger partial charge in [-0.25, -0.2) is 4.98 Å². The highest BCUT2D eigenvalue weighted by Gasteiger charge is 2.15. The monoisotopic (exact) mass is 239 g/mol. The highest BCUT2D eigenvalue weighted by atomic mass is 16.6. The van der Waals surface area contributed by atoms with Crippen LogP contribution in [0.4, 0.5) is 11.5 Å². The van der Waals surface area contributed by atoms with Crippen molar-refractivity contribution in [2.45, 2.75) is 26.8 Å². The number of pyridine rings is 1. The number of nitrogens with zero attached hydrogens (tertiary/aromatic N) is 2. The first-order valence-corrected chi connectivity index (χ1v) is 5.44. The molecule has 0 spiro atoms. The van der Waals surface area contributed by atoms with Gasteiger partial charge < -0.3 is 10.4 Å². The number of nitrogens with one attached hydrogen (secondary N) is 1. The van der Waals surface area contributed by atoms with Gasteiger partial charge in [0.15, 0.2) is 0 Å². The van der Waals surface area contributed by atoms with E-state index in [0.29, 0.717) is 11.4 Å². The Labute approximate surface area is 99.8 Å². The molecule has 1 heterocycles. The summed E-state index contributed by atoms with van der Waals surface area (Å²) in [7, 11) is 0. The molecular formula is C11H17N3O3. The number of aromatic nitrogens is 1. The van der Waals surface area contributed by atoms with Gasteiger partial charge in [0.2, 0.25) is 0 Å². The van der Waals surface area contributed by atoms with Gasteiger partial charge in [0.1, 0.15) is 12.0 Å². The van der Waals surface area contributed by atoms with Crippen LogP contribution in [0.25, 0.3) is 0 Å². The van der Waals surface area contributed by atoms with Gasteiger partial charge in [-0.2, -0.15) is 0 Å². The predicted molar refractivity (Wildman–Crippen MR) is 65.0 cm³/mol. The van der Waals surface area contributed by atoms with Crippen LogP contribution in [-0.4, -0.2) is 27.7 Å². The third-order valence-electron chi connectivity index (χ3n) is 2.61. The third kappa shape index (κ3) is 3.39. The van der Waals surface area contributed by atoms with E-state index < -0.39 is 4.92 Å². The molecule has 0 bridgehead atoms. The summed E-state index contributed by atoms with van der Waals surface area (Å²) in [5, 5.41) is 22.8. The lowest BCUT2D eigenvalue weighted by atomic mass is 10.1. The molecule has 94 valence electrons. The fraction of sp³-hybridized carbons (Fsp3) is 0.545. The first-order valence-electron chi connectivity index (χ1n) is 5.44. The zero-order valence-corrected chi connectivity index (χ0v) is 10.2. The molecule has 0 aliphatic rings. The lowest BCUT2D eigenvalue weighted by Gasteiger charge is -2.20. The maximum atomic E-state index is 10.6. The Bertz CT molecular complexity index is 407. The second-order valence-corrected chi connectivity index (χ2v) is 4.29. The predicted octanol–water partition coefficient (Wildman–Crippen LogP) is 1.73. The van der Waals surface area contributed by atoms with Crippen molar-refractivity contribution in [3.63, 3.8) is 0 Å². The SMILES string of the molecule is Cc1cc(N[C@H](CO)C(C)C)ncc1[N+](=O)[O-]. The molecule has 1 rings (SSSR count). The van der Waals surface area contributed by atoms with Crippen LogP contribution >= 0.6 is 0 Å². The summed E-state index contributed by atoms with van der Waals surface area (Å²) in [6.07, 6.45) is 1.23. The molecule has 0 amide bonds. The van der Waals surface area contributed by atoms with Gasteiger partial charge in [0, 0.05) is 5.56 Å². The molecule has 0 aromatic carbocycles. The fourth-order valence-electron chi connectivity index (χ4n) is 1.43. The van der Waals surface area contributed by atoms with Crippen LogP contribution in [-0.2, 0) is 0 Å². The summed E-state index contributed by atoms with van der Waals surface area (Å²) in [5.74, 6) is 0.790. The number of aliphatic hydroxyl groups excluding tert-OH is 1. The lowest BCUT2D eigenvalue weighted by Crippen LogP contribution is -2.29. The van der Waals surface area contributed by atoms with Crippen molar-refractivity contribution >= 4 is 11.5 Å². The van der Waals surface area contributed by atoms with E-state index in [2.05, 4.69) is 10.3 Å². The summed E-state index contributed by atoms with van der Waals surface area (Å²) in [5.41, 5.74) is 0.550. The van der Waals surface area contributed by atoms with Crippen LogP contribution < -0.4 is 5.32 Å². The molecule has 0 fully saturated rings.